The lowest BCUT2D eigenvalue weighted by Crippen LogP contribution is -2.59. The molecule has 10 heteroatoms. The number of sulfone groups is 1. The lowest BCUT2D eigenvalue weighted by Gasteiger charge is -2.43. The topological polar surface area (TPSA) is 109 Å². The van der Waals surface area contributed by atoms with Gasteiger partial charge >= 0.3 is 0 Å². The van der Waals surface area contributed by atoms with Crippen LogP contribution in [0.3, 0.4) is 0 Å². The van der Waals surface area contributed by atoms with E-state index in [1.165, 1.54) is 0 Å². The van der Waals surface area contributed by atoms with Crippen LogP contribution in [0, 0.1) is 0 Å². The van der Waals surface area contributed by atoms with E-state index in [0.29, 0.717) is 28.9 Å². The fourth-order valence-corrected chi connectivity index (χ4v) is 6.32. The molecule has 1 aliphatic carbocycles. The predicted molar refractivity (Wildman–Crippen MR) is 107 cm³/mol. The van der Waals surface area contributed by atoms with Crippen LogP contribution >= 0.6 is 0 Å². The van der Waals surface area contributed by atoms with Gasteiger partial charge in [0.2, 0.25) is 5.95 Å². The van der Waals surface area contributed by atoms with Crippen LogP contribution in [0.25, 0.3) is 11.3 Å². The molecular weight excluding hydrogens is 414 g/mol. The second-order valence-electron chi connectivity index (χ2n) is 8.63. The Morgan fingerprint density at radius 1 is 1.20 bits per heavy atom. The minimum absolute atomic E-state index is 0.103. The SMILES string of the molecule is C[C@H]1[C@H](O)CN1c1nc(-c2ccc(C3(N)CS(=O)(=O)C3)cc2)c2c(n1)C(F)(F)CC2. The molecule has 160 valence electrons. The number of rotatable bonds is 3. The van der Waals surface area contributed by atoms with Crippen molar-refractivity contribution >= 4 is 15.8 Å². The van der Waals surface area contributed by atoms with Gasteiger partial charge in [-0.15, -0.1) is 0 Å². The van der Waals surface area contributed by atoms with Gasteiger partial charge < -0.3 is 15.7 Å². The number of anilines is 1. The normalized spacial score (nSPS) is 27.8. The zero-order valence-corrected chi connectivity index (χ0v) is 17.2. The molecule has 2 fully saturated rings. The molecule has 30 heavy (non-hydrogen) atoms. The van der Waals surface area contributed by atoms with Crippen molar-refractivity contribution in [2.75, 3.05) is 23.0 Å². The van der Waals surface area contributed by atoms with Crippen LogP contribution in [-0.4, -0.2) is 53.7 Å². The summed E-state index contributed by atoms with van der Waals surface area (Å²) in [5.74, 6) is -3.04. The van der Waals surface area contributed by atoms with Crippen molar-refractivity contribution in [1.29, 1.82) is 0 Å². The second-order valence-corrected chi connectivity index (χ2v) is 10.7. The molecule has 3 N–H and O–H groups in total. The van der Waals surface area contributed by atoms with Gasteiger partial charge in [-0.05, 0) is 18.9 Å². The summed E-state index contributed by atoms with van der Waals surface area (Å²) in [6.45, 7) is 2.10. The second kappa shape index (κ2) is 6.18. The van der Waals surface area contributed by atoms with Crippen molar-refractivity contribution < 1.29 is 22.3 Å². The number of aromatic nitrogens is 2. The van der Waals surface area contributed by atoms with Crippen molar-refractivity contribution in [3.63, 3.8) is 0 Å². The van der Waals surface area contributed by atoms with Crippen LogP contribution in [0.15, 0.2) is 24.3 Å². The third-order valence-electron chi connectivity index (χ3n) is 6.41. The van der Waals surface area contributed by atoms with Crippen molar-refractivity contribution in [3.05, 3.63) is 41.1 Å². The van der Waals surface area contributed by atoms with Crippen molar-refractivity contribution in [3.8, 4) is 11.3 Å². The highest BCUT2D eigenvalue weighted by atomic mass is 32.2. The molecule has 5 rings (SSSR count). The maximum Gasteiger partial charge on any atom is 0.290 e. The Morgan fingerprint density at radius 2 is 1.87 bits per heavy atom. The minimum Gasteiger partial charge on any atom is -0.389 e. The van der Waals surface area contributed by atoms with Crippen molar-refractivity contribution in [2.45, 2.75) is 43.4 Å². The number of aliphatic hydroxyl groups excluding tert-OH is 1. The van der Waals surface area contributed by atoms with Gasteiger partial charge in [0, 0.05) is 24.1 Å². The summed E-state index contributed by atoms with van der Waals surface area (Å²) in [7, 11) is -3.10. The fraction of sp³-hybridized carbons (Fsp3) is 0.500. The summed E-state index contributed by atoms with van der Waals surface area (Å²) < 4.78 is 52.1. The van der Waals surface area contributed by atoms with E-state index in [0.717, 1.165) is 0 Å². The van der Waals surface area contributed by atoms with Crippen LogP contribution in [0.5, 0.6) is 0 Å². The molecule has 1 aromatic carbocycles. The number of benzene rings is 1. The molecule has 2 saturated heterocycles. The van der Waals surface area contributed by atoms with E-state index in [2.05, 4.69) is 9.97 Å². The summed E-state index contributed by atoms with van der Waals surface area (Å²) in [5, 5.41) is 9.80. The Kier molecular flexibility index (Phi) is 4.07. The Bertz CT molecular complexity index is 1130. The predicted octanol–water partition coefficient (Wildman–Crippen LogP) is 1.33. The maximum absolute atomic E-state index is 14.5. The fourth-order valence-electron chi connectivity index (χ4n) is 4.50. The first-order valence-electron chi connectivity index (χ1n) is 9.83. The molecule has 3 aliphatic rings. The molecule has 1 aromatic heterocycles. The van der Waals surface area contributed by atoms with Crippen LogP contribution in [0.4, 0.5) is 14.7 Å². The number of hydrogen-bond acceptors (Lipinski definition) is 7. The van der Waals surface area contributed by atoms with Gasteiger partial charge in [-0.1, -0.05) is 24.3 Å². The highest BCUT2D eigenvalue weighted by Crippen LogP contribution is 2.45. The Balaban J connectivity index is 1.55. The third kappa shape index (κ3) is 2.92. The Hall–Kier alpha value is -2.17. The Labute approximate surface area is 172 Å². The van der Waals surface area contributed by atoms with Gasteiger partial charge in [0.15, 0.2) is 9.84 Å². The van der Waals surface area contributed by atoms with E-state index in [1.807, 2.05) is 0 Å². The number of β-amino-alcohol motifs (C(OH)–C–C–N with tert-alkyl or cyclic N) is 1. The zero-order chi connectivity index (χ0) is 21.5. The first-order valence-corrected chi connectivity index (χ1v) is 11.7. The largest absolute Gasteiger partial charge is 0.389 e. The number of hydrogen-bond donors (Lipinski definition) is 2. The van der Waals surface area contributed by atoms with Crippen molar-refractivity contribution in [1.82, 2.24) is 9.97 Å². The van der Waals surface area contributed by atoms with Gasteiger partial charge in [-0.2, -0.15) is 8.78 Å². The third-order valence-corrected chi connectivity index (χ3v) is 8.32. The van der Waals surface area contributed by atoms with E-state index in [1.54, 1.807) is 36.1 Å². The highest BCUT2D eigenvalue weighted by molar-refractivity contribution is 7.93. The molecule has 0 amide bonds. The van der Waals surface area contributed by atoms with Crippen LogP contribution in [0.1, 0.15) is 30.2 Å². The summed E-state index contributed by atoms with van der Waals surface area (Å²) >= 11 is 0. The summed E-state index contributed by atoms with van der Waals surface area (Å²) in [4.78, 5) is 10.5. The van der Waals surface area contributed by atoms with Crippen LogP contribution in [-0.2, 0) is 27.7 Å². The number of halogens is 2. The molecule has 0 saturated carbocycles. The first-order chi connectivity index (χ1) is 14.0. The number of nitrogens with zero attached hydrogens (tertiary/aromatic N) is 3. The Morgan fingerprint density at radius 3 is 2.43 bits per heavy atom. The lowest BCUT2D eigenvalue weighted by atomic mass is 9.92. The number of nitrogens with two attached hydrogens (primary N) is 1. The molecule has 7 nitrogen and oxygen atoms in total. The van der Waals surface area contributed by atoms with Gasteiger partial charge in [-0.3, -0.25) is 0 Å². The molecule has 3 heterocycles. The molecule has 2 atom stereocenters. The van der Waals surface area contributed by atoms with E-state index < -0.39 is 27.4 Å². The standard InChI is InChI=1S/C20H22F2N4O3S/c1-11-15(27)8-26(11)18-24-16(14-6-7-20(21,22)17(14)25-18)12-2-4-13(5-3-12)19(23)9-30(28,29)10-19/h2-5,11,15,27H,6-10,23H2,1H3/t11-,15+/m0/s1. The van der Waals surface area contributed by atoms with Gasteiger partial charge in [0.1, 0.15) is 5.69 Å². The number of alkyl halides is 2. The van der Waals surface area contributed by atoms with Gasteiger partial charge in [0.05, 0.1) is 34.9 Å². The van der Waals surface area contributed by atoms with Crippen LogP contribution < -0.4 is 10.6 Å². The maximum atomic E-state index is 14.5. The van der Waals surface area contributed by atoms with Crippen molar-refractivity contribution in [2.24, 2.45) is 5.73 Å². The molecule has 0 unspecified atom stereocenters. The summed E-state index contributed by atoms with van der Waals surface area (Å²) in [5.41, 5.74) is 7.25. The smallest absolute Gasteiger partial charge is 0.290 e. The first kappa shape index (κ1) is 19.8. The average molecular weight is 436 g/mol. The summed E-state index contributed by atoms with van der Waals surface area (Å²) in [6, 6.07) is 6.71. The minimum atomic E-state index is -3.10. The molecule has 2 aliphatic heterocycles. The molecular formula is C20H22F2N4O3S. The molecule has 2 aromatic rings. The molecule has 0 radical (unpaired) electrons. The average Bonchev–Trinajstić information content (AvgIpc) is 2.98. The van der Waals surface area contributed by atoms with Gasteiger partial charge in [0.25, 0.3) is 5.92 Å². The number of fused-ring (bicyclic) bond motifs is 1. The van der Waals surface area contributed by atoms with E-state index in [4.69, 9.17) is 5.73 Å². The van der Waals surface area contributed by atoms with E-state index in [9.17, 15) is 22.3 Å². The van der Waals surface area contributed by atoms with Gasteiger partial charge in [-0.25, -0.2) is 18.4 Å². The summed E-state index contributed by atoms with van der Waals surface area (Å²) in [6.07, 6.45) is -0.672. The zero-order valence-electron chi connectivity index (χ0n) is 16.3. The lowest BCUT2D eigenvalue weighted by molar-refractivity contribution is -0.00603. The molecule has 0 spiro atoms. The monoisotopic (exact) mass is 436 g/mol. The van der Waals surface area contributed by atoms with Crippen LogP contribution in [0.2, 0.25) is 0 Å². The highest BCUT2D eigenvalue weighted by Gasteiger charge is 2.47. The molecule has 0 bridgehead atoms. The quantitative estimate of drug-likeness (QED) is 0.747. The van der Waals surface area contributed by atoms with E-state index in [-0.39, 0.29) is 42.0 Å². The van der Waals surface area contributed by atoms with E-state index >= 15 is 0 Å². The number of aliphatic hydroxyl groups is 1.